The topological polar surface area (TPSA) is 72.5 Å². The van der Waals surface area contributed by atoms with Gasteiger partial charge in [0, 0.05) is 18.3 Å². The molecular formula is C28H40O7. The van der Waals surface area contributed by atoms with Crippen molar-refractivity contribution in [2.75, 3.05) is 33.5 Å². The highest BCUT2D eigenvalue weighted by Crippen LogP contribution is 2.65. The minimum absolute atomic E-state index is 0.0221. The average Bonchev–Trinajstić information content (AvgIpc) is 3.58. The quantitative estimate of drug-likeness (QED) is 0.503. The van der Waals surface area contributed by atoms with Crippen molar-refractivity contribution >= 4 is 6.29 Å². The second kappa shape index (κ2) is 10.5. The number of hydrogen-bond acceptors (Lipinski definition) is 7. The zero-order chi connectivity index (χ0) is 24.5. The Balaban J connectivity index is 1.46. The summed E-state index contributed by atoms with van der Waals surface area (Å²) in [5, 5.41) is 0. The van der Waals surface area contributed by atoms with Crippen LogP contribution in [0.5, 0.6) is 5.75 Å². The average molecular weight is 489 g/mol. The zero-order valence-electron chi connectivity index (χ0n) is 21.3. The Bertz CT molecular complexity index is 847. The SMILES string of the molecule is COc1ccc(CO[C@H]2CC[C@@H](C3OCCO3)[C@]3(C)CC[C@@H](C4OCCO4)[C@](C)(CC=O)[C@@H]23)cc1. The van der Waals surface area contributed by atoms with Crippen molar-refractivity contribution < 1.29 is 33.2 Å². The number of fused-ring (bicyclic) bond motifs is 1. The van der Waals surface area contributed by atoms with Gasteiger partial charge in [-0.25, -0.2) is 0 Å². The molecule has 0 radical (unpaired) electrons. The minimum Gasteiger partial charge on any atom is -0.497 e. The van der Waals surface area contributed by atoms with Crippen molar-refractivity contribution in [2.45, 2.75) is 71.2 Å². The molecule has 1 aromatic carbocycles. The highest BCUT2D eigenvalue weighted by atomic mass is 16.7. The molecule has 7 heteroatoms. The number of carbonyl (C=O) groups is 1. The van der Waals surface area contributed by atoms with Crippen LogP contribution in [0.2, 0.25) is 0 Å². The molecule has 2 heterocycles. The Hall–Kier alpha value is -1.51. The lowest BCUT2D eigenvalue weighted by atomic mass is 9.43. The molecule has 4 aliphatic rings. The normalized spacial score (nSPS) is 38.4. The zero-order valence-corrected chi connectivity index (χ0v) is 21.3. The van der Waals surface area contributed by atoms with E-state index in [0.717, 1.165) is 43.3 Å². The van der Waals surface area contributed by atoms with Gasteiger partial charge in [-0.2, -0.15) is 0 Å². The summed E-state index contributed by atoms with van der Waals surface area (Å²) in [7, 11) is 1.67. The Morgan fingerprint density at radius 3 is 2.14 bits per heavy atom. The molecule has 6 atom stereocenters. The molecule has 4 fully saturated rings. The van der Waals surface area contributed by atoms with Crippen LogP contribution in [-0.4, -0.2) is 58.5 Å². The summed E-state index contributed by atoms with van der Waals surface area (Å²) < 4.78 is 36.2. The third kappa shape index (κ3) is 4.66. The smallest absolute Gasteiger partial charge is 0.161 e. The van der Waals surface area contributed by atoms with Gasteiger partial charge in [-0.1, -0.05) is 26.0 Å². The van der Waals surface area contributed by atoms with Crippen molar-refractivity contribution in [2.24, 2.45) is 28.6 Å². The van der Waals surface area contributed by atoms with E-state index in [1.54, 1.807) is 7.11 Å². The lowest BCUT2D eigenvalue weighted by molar-refractivity contribution is -0.251. The Morgan fingerprint density at radius 1 is 0.914 bits per heavy atom. The minimum atomic E-state index is -0.314. The number of hydrogen-bond donors (Lipinski definition) is 0. The van der Waals surface area contributed by atoms with E-state index in [1.165, 1.54) is 0 Å². The van der Waals surface area contributed by atoms with Crippen LogP contribution in [0, 0.1) is 28.6 Å². The fourth-order valence-electron chi connectivity index (χ4n) is 7.72. The van der Waals surface area contributed by atoms with Crippen LogP contribution in [0.3, 0.4) is 0 Å². The van der Waals surface area contributed by atoms with E-state index in [1.807, 2.05) is 12.1 Å². The first-order chi connectivity index (χ1) is 17.0. The predicted octanol–water partition coefficient (Wildman–Crippen LogP) is 4.36. The molecule has 0 spiro atoms. The number of aldehydes is 1. The van der Waals surface area contributed by atoms with E-state index < -0.39 is 0 Å². The third-order valence-electron chi connectivity index (χ3n) is 9.34. The molecule has 2 aliphatic carbocycles. The third-order valence-corrected chi connectivity index (χ3v) is 9.34. The summed E-state index contributed by atoms with van der Waals surface area (Å²) in [6.45, 7) is 7.71. The van der Waals surface area contributed by atoms with Crippen molar-refractivity contribution in [1.82, 2.24) is 0 Å². The van der Waals surface area contributed by atoms with Crippen LogP contribution in [0.4, 0.5) is 0 Å². The molecule has 2 saturated heterocycles. The van der Waals surface area contributed by atoms with Crippen LogP contribution in [-0.2, 0) is 35.1 Å². The summed E-state index contributed by atoms with van der Waals surface area (Å²) in [6.07, 6.45) is 5.00. The maximum Gasteiger partial charge on any atom is 0.161 e. The fourth-order valence-corrected chi connectivity index (χ4v) is 7.72. The molecule has 5 rings (SSSR count). The summed E-state index contributed by atoms with van der Waals surface area (Å²) >= 11 is 0. The van der Waals surface area contributed by atoms with Gasteiger partial charge in [0.25, 0.3) is 0 Å². The van der Waals surface area contributed by atoms with Gasteiger partial charge >= 0.3 is 0 Å². The van der Waals surface area contributed by atoms with E-state index in [0.29, 0.717) is 39.5 Å². The highest BCUT2D eigenvalue weighted by Gasteiger charge is 2.64. The summed E-state index contributed by atoms with van der Waals surface area (Å²) in [5.41, 5.74) is 0.722. The Kier molecular flexibility index (Phi) is 7.52. The molecular weight excluding hydrogens is 448 g/mol. The molecule has 7 nitrogen and oxygen atoms in total. The van der Waals surface area contributed by atoms with Gasteiger partial charge in [-0.3, -0.25) is 0 Å². The largest absolute Gasteiger partial charge is 0.497 e. The van der Waals surface area contributed by atoms with Gasteiger partial charge < -0.3 is 33.2 Å². The first-order valence-electron chi connectivity index (χ1n) is 13.1. The molecule has 35 heavy (non-hydrogen) atoms. The number of ether oxygens (including phenoxy) is 6. The molecule has 2 saturated carbocycles. The summed E-state index contributed by atoms with van der Waals surface area (Å²) in [5.74, 6) is 1.40. The monoisotopic (exact) mass is 488 g/mol. The van der Waals surface area contributed by atoms with Gasteiger partial charge in [0.15, 0.2) is 12.6 Å². The van der Waals surface area contributed by atoms with Crippen molar-refractivity contribution in [3.63, 3.8) is 0 Å². The van der Waals surface area contributed by atoms with E-state index in [2.05, 4.69) is 26.0 Å². The summed E-state index contributed by atoms with van der Waals surface area (Å²) in [6, 6.07) is 8.05. The van der Waals surface area contributed by atoms with Gasteiger partial charge in [-0.05, 0) is 60.1 Å². The lowest BCUT2D eigenvalue weighted by Gasteiger charge is -2.63. The van der Waals surface area contributed by atoms with E-state index >= 15 is 0 Å². The second-order valence-corrected chi connectivity index (χ2v) is 11.1. The molecule has 0 bridgehead atoms. The van der Waals surface area contributed by atoms with Gasteiger partial charge in [-0.15, -0.1) is 0 Å². The van der Waals surface area contributed by atoms with Crippen molar-refractivity contribution in [3.8, 4) is 5.75 Å². The molecule has 0 unspecified atom stereocenters. The van der Waals surface area contributed by atoms with Gasteiger partial charge in [0.2, 0.25) is 0 Å². The molecule has 1 aromatic rings. The maximum atomic E-state index is 12.1. The second-order valence-electron chi connectivity index (χ2n) is 11.1. The van der Waals surface area contributed by atoms with Crippen molar-refractivity contribution in [1.29, 1.82) is 0 Å². The van der Waals surface area contributed by atoms with Crippen LogP contribution in [0.1, 0.15) is 51.5 Å². The van der Waals surface area contributed by atoms with Gasteiger partial charge in [0.05, 0.1) is 46.2 Å². The van der Waals surface area contributed by atoms with Crippen LogP contribution >= 0.6 is 0 Å². The molecule has 0 amide bonds. The fraction of sp³-hybridized carbons (Fsp3) is 0.750. The lowest BCUT2D eigenvalue weighted by Crippen LogP contribution is -2.62. The number of carbonyl (C=O) groups excluding carboxylic acids is 1. The Morgan fingerprint density at radius 2 is 1.54 bits per heavy atom. The maximum absolute atomic E-state index is 12.1. The van der Waals surface area contributed by atoms with Crippen LogP contribution < -0.4 is 4.74 Å². The van der Waals surface area contributed by atoms with Gasteiger partial charge in [0.1, 0.15) is 12.0 Å². The molecule has 0 N–H and O–H groups in total. The first kappa shape index (κ1) is 25.2. The number of benzene rings is 1. The summed E-state index contributed by atoms with van der Waals surface area (Å²) in [4.78, 5) is 12.1. The molecule has 0 aromatic heterocycles. The van der Waals surface area contributed by atoms with E-state index in [4.69, 9.17) is 28.4 Å². The van der Waals surface area contributed by atoms with Crippen molar-refractivity contribution in [3.05, 3.63) is 29.8 Å². The number of rotatable bonds is 8. The van der Waals surface area contributed by atoms with Crippen LogP contribution in [0.25, 0.3) is 0 Å². The number of methoxy groups -OCH3 is 1. The molecule has 2 aliphatic heterocycles. The predicted molar refractivity (Wildman–Crippen MR) is 129 cm³/mol. The van der Waals surface area contributed by atoms with Crippen LogP contribution in [0.15, 0.2) is 24.3 Å². The standard InChI is InChI=1S/C28H40O7/c1-27-11-10-22(26-33-16-17-34-26)28(2,12-13-29)24(27)23(9-8-21(27)25-31-14-15-32-25)35-18-19-4-6-20(30-3)7-5-19/h4-7,13,21-26H,8-12,14-18H2,1-3H3/t21-,22-,23-,24-,27-,28-/m0/s1. The Labute approximate surface area is 208 Å². The van der Waals surface area contributed by atoms with E-state index in [9.17, 15) is 4.79 Å². The van der Waals surface area contributed by atoms with E-state index in [-0.39, 0.29) is 47.3 Å². The first-order valence-corrected chi connectivity index (χ1v) is 13.1. The molecule has 194 valence electrons. The highest BCUT2D eigenvalue weighted by molar-refractivity contribution is 5.51.